The fourth-order valence-electron chi connectivity index (χ4n) is 2.50. The van der Waals surface area contributed by atoms with Crippen molar-refractivity contribution in [3.63, 3.8) is 0 Å². The van der Waals surface area contributed by atoms with E-state index in [0.29, 0.717) is 5.56 Å². The molecule has 0 spiro atoms. The summed E-state index contributed by atoms with van der Waals surface area (Å²) in [6.07, 6.45) is 2.56. The Hall–Kier alpha value is -2.15. The Balaban J connectivity index is 0.000000368. The molecule has 2 aromatic carbocycles. The van der Waals surface area contributed by atoms with Gasteiger partial charge in [0, 0.05) is 27.1 Å². The van der Waals surface area contributed by atoms with Crippen LogP contribution in [0.3, 0.4) is 0 Å². The van der Waals surface area contributed by atoms with Crippen LogP contribution in [0, 0.1) is 0 Å². The lowest BCUT2D eigenvalue weighted by Gasteiger charge is -2.20. The summed E-state index contributed by atoms with van der Waals surface area (Å²) in [6.45, 7) is 3.27. The van der Waals surface area contributed by atoms with Gasteiger partial charge in [0.2, 0.25) is 0 Å². The summed E-state index contributed by atoms with van der Waals surface area (Å²) in [5.41, 5.74) is 4.35. The maximum Gasteiger partial charge on any atom is 0.195 e. The zero-order chi connectivity index (χ0) is 17.7. The number of carbonyl (C=O) groups excluding carboxylic acids is 2. The van der Waals surface area contributed by atoms with Crippen LogP contribution in [-0.4, -0.2) is 26.9 Å². The molecule has 6 heteroatoms. The van der Waals surface area contributed by atoms with Crippen LogP contribution in [0.25, 0.3) is 0 Å². The van der Waals surface area contributed by atoms with Gasteiger partial charge in [0.15, 0.2) is 11.6 Å². The van der Waals surface area contributed by atoms with Gasteiger partial charge in [-0.3, -0.25) is 13.8 Å². The predicted molar refractivity (Wildman–Crippen MR) is 89.6 cm³/mol. The van der Waals surface area contributed by atoms with Crippen LogP contribution in [0.15, 0.2) is 47.4 Å². The summed E-state index contributed by atoms with van der Waals surface area (Å²) in [4.78, 5) is 24.5. The maximum absolute atomic E-state index is 12.4. The van der Waals surface area contributed by atoms with Gasteiger partial charge in [-0.2, -0.15) is 0 Å². The zero-order valence-electron chi connectivity index (χ0n) is 13.4. The molecule has 24 heavy (non-hydrogen) atoms. The van der Waals surface area contributed by atoms with Crippen molar-refractivity contribution in [2.24, 2.45) is 0 Å². The molecule has 1 unspecified atom stereocenters. The molecule has 1 atom stereocenters. The van der Waals surface area contributed by atoms with E-state index in [1.54, 1.807) is 18.2 Å². The van der Waals surface area contributed by atoms with E-state index in [-0.39, 0.29) is 27.4 Å². The third kappa shape index (κ3) is 3.51. The van der Waals surface area contributed by atoms with Crippen molar-refractivity contribution in [2.75, 3.05) is 6.54 Å². The van der Waals surface area contributed by atoms with E-state index in [2.05, 4.69) is 12.7 Å². The number of fused-ring (bicyclic) bond motifs is 2. The molecule has 3 N–H and O–H groups in total. The second-order valence-electron chi connectivity index (χ2n) is 5.32. The van der Waals surface area contributed by atoms with E-state index in [4.69, 9.17) is 0 Å². The summed E-state index contributed by atoms with van der Waals surface area (Å²) < 4.78 is 22.3. The molecule has 0 aliphatic heterocycles. The van der Waals surface area contributed by atoms with Gasteiger partial charge in [-0.1, -0.05) is 49.7 Å². The average molecular weight is 345 g/mol. The minimum atomic E-state index is -2.55. The van der Waals surface area contributed by atoms with E-state index in [9.17, 15) is 18.4 Å². The molecule has 0 saturated carbocycles. The fourth-order valence-corrected chi connectivity index (χ4v) is 3.06. The van der Waals surface area contributed by atoms with Crippen LogP contribution in [0.2, 0.25) is 0 Å². The standard InChI is InChI=1S/C14H8O4S.C4H11N/c15-13-8-4-1-2-5-9(8)14(16)12-10(13)6-3-7-11(12)19(17)18;1-2-3-4-5/h1-7H,(H,17,18);2-5H2,1H3. The van der Waals surface area contributed by atoms with Crippen molar-refractivity contribution in [3.05, 3.63) is 64.7 Å². The quantitative estimate of drug-likeness (QED) is 0.730. The highest BCUT2D eigenvalue weighted by Gasteiger charge is 2.31. The predicted octanol–water partition coefficient (Wildman–Crippen LogP) is 1.73. The Morgan fingerprint density at radius 1 is 0.958 bits per heavy atom. The van der Waals surface area contributed by atoms with E-state index in [0.717, 1.165) is 6.54 Å². The molecule has 0 bridgehead atoms. The van der Waals surface area contributed by atoms with Gasteiger partial charge in [0.1, 0.15) is 0 Å². The lowest BCUT2D eigenvalue weighted by molar-refractivity contribution is -0.368. The van der Waals surface area contributed by atoms with Crippen LogP contribution in [0.5, 0.6) is 0 Å². The smallest absolute Gasteiger partial charge is 0.195 e. The molecule has 1 aliphatic carbocycles. The first-order valence-corrected chi connectivity index (χ1v) is 8.80. The maximum atomic E-state index is 12.4. The molecule has 3 rings (SSSR count). The monoisotopic (exact) mass is 345 g/mol. The fraction of sp³-hybridized carbons (Fsp3) is 0.222. The normalized spacial score (nSPS) is 13.5. The zero-order valence-corrected chi connectivity index (χ0v) is 14.2. The van der Waals surface area contributed by atoms with Gasteiger partial charge < -0.3 is 10.3 Å². The Morgan fingerprint density at radius 2 is 1.54 bits per heavy atom. The first-order chi connectivity index (χ1) is 11.5. The highest BCUT2D eigenvalue weighted by molar-refractivity contribution is 7.79. The molecule has 0 fully saturated rings. The van der Waals surface area contributed by atoms with Crippen molar-refractivity contribution < 1.29 is 24.1 Å². The van der Waals surface area contributed by atoms with Crippen LogP contribution >= 0.6 is 0 Å². The number of unbranched alkanes of at least 4 members (excludes halogenated alkanes) is 1. The van der Waals surface area contributed by atoms with Crippen LogP contribution in [0.4, 0.5) is 0 Å². The van der Waals surface area contributed by atoms with Gasteiger partial charge in [0.05, 0.1) is 6.54 Å². The Labute approximate surface area is 143 Å². The Morgan fingerprint density at radius 3 is 2.04 bits per heavy atom. The Bertz CT molecular complexity index is 799. The van der Waals surface area contributed by atoms with E-state index >= 15 is 0 Å². The van der Waals surface area contributed by atoms with Crippen LogP contribution < -0.4 is 5.73 Å². The van der Waals surface area contributed by atoms with Crippen molar-refractivity contribution in [1.82, 2.24) is 0 Å². The summed E-state index contributed by atoms with van der Waals surface area (Å²) in [5.74, 6) is -0.748. The summed E-state index contributed by atoms with van der Waals surface area (Å²) in [7, 11) is 0. The second-order valence-corrected chi connectivity index (χ2v) is 6.23. The van der Waals surface area contributed by atoms with Gasteiger partial charge in [-0.05, 0) is 23.6 Å². The number of carbonyl (C=O) groups is 2. The van der Waals surface area contributed by atoms with Crippen molar-refractivity contribution in [3.8, 4) is 0 Å². The topological polar surface area (TPSA) is 102 Å². The third-order valence-electron chi connectivity index (χ3n) is 3.70. The van der Waals surface area contributed by atoms with Crippen LogP contribution in [0.1, 0.15) is 51.6 Å². The molecule has 0 radical (unpaired) electrons. The first kappa shape index (κ1) is 18.2. The molecule has 1 aliphatic rings. The highest BCUT2D eigenvalue weighted by atomic mass is 32.2. The first-order valence-electron chi connectivity index (χ1n) is 7.72. The third-order valence-corrected chi connectivity index (χ3v) is 4.40. The van der Waals surface area contributed by atoms with Gasteiger partial charge >= 0.3 is 0 Å². The highest BCUT2D eigenvalue weighted by Crippen LogP contribution is 2.30. The van der Waals surface area contributed by atoms with E-state index in [1.807, 2.05) is 0 Å². The van der Waals surface area contributed by atoms with Crippen molar-refractivity contribution in [2.45, 2.75) is 24.7 Å². The summed E-state index contributed by atoms with van der Waals surface area (Å²) in [6, 6.07) is 10.7. The molecular formula is C18H19NO4S. The largest absolute Gasteiger partial charge is 0.768 e. The number of hydrogen-bond acceptors (Lipinski definition) is 4. The number of benzene rings is 2. The van der Waals surface area contributed by atoms with Crippen molar-refractivity contribution >= 4 is 22.6 Å². The average Bonchev–Trinajstić information content (AvgIpc) is 2.60. The Kier molecular flexibility index (Phi) is 6.14. The van der Waals surface area contributed by atoms with Crippen molar-refractivity contribution in [1.29, 1.82) is 0 Å². The second kappa shape index (κ2) is 8.10. The number of quaternary nitrogens is 1. The van der Waals surface area contributed by atoms with Crippen LogP contribution in [-0.2, 0) is 11.1 Å². The van der Waals surface area contributed by atoms with Gasteiger partial charge in [-0.25, -0.2) is 0 Å². The molecule has 126 valence electrons. The molecular weight excluding hydrogens is 326 g/mol. The number of ketones is 2. The molecule has 0 heterocycles. The van der Waals surface area contributed by atoms with Gasteiger partial charge in [-0.15, -0.1) is 0 Å². The molecule has 2 aromatic rings. The molecule has 0 aromatic heterocycles. The summed E-state index contributed by atoms with van der Waals surface area (Å²) in [5, 5.41) is 0. The lowest BCUT2D eigenvalue weighted by Crippen LogP contribution is -2.49. The SMILES string of the molecule is CCCC[NH3+].O=C1c2ccccc2C(=O)c2c1cccc2S(=O)[O-]. The lowest BCUT2D eigenvalue weighted by atomic mass is 9.84. The number of rotatable bonds is 3. The van der Waals surface area contributed by atoms with E-state index < -0.39 is 16.9 Å². The minimum Gasteiger partial charge on any atom is -0.768 e. The number of hydrogen-bond donors (Lipinski definition) is 1. The minimum absolute atomic E-state index is 0.0282. The molecule has 0 saturated heterocycles. The molecule has 0 amide bonds. The van der Waals surface area contributed by atoms with Gasteiger partial charge in [0.25, 0.3) is 0 Å². The molecule has 5 nitrogen and oxygen atoms in total. The van der Waals surface area contributed by atoms with E-state index in [1.165, 1.54) is 37.1 Å². The summed E-state index contributed by atoms with van der Waals surface area (Å²) >= 11 is -2.55.